The van der Waals surface area contributed by atoms with E-state index in [1.165, 1.54) is 28.1 Å². The number of rotatable bonds is 20. The summed E-state index contributed by atoms with van der Waals surface area (Å²) in [6, 6.07) is 62.9. The number of likely N-dealkylation sites (tertiary alicyclic amines) is 2. The van der Waals surface area contributed by atoms with E-state index in [0.29, 0.717) is 144 Å². The predicted octanol–water partition coefficient (Wildman–Crippen LogP) is 10.4. The Kier molecular flexibility index (Phi) is 38.4. The molecule has 6 atom stereocenters. The number of hydrogen-bond donors (Lipinski definition) is 5. The number of hydrogen-bond acceptors (Lipinski definition) is 22. The molecule has 8 aliphatic rings. The van der Waals surface area contributed by atoms with Gasteiger partial charge in [-0.1, -0.05) is 35.9 Å². The second-order valence-electron chi connectivity index (χ2n) is 36.0. The zero-order valence-electron chi connectivity index (χ0n) is 79.8. The standard InChI is InChI=1S/C26H31N3O5Se.C22H21ClN4O4.C21H29N3O8S.C20H25N3O5.C12H10Se2/c1-26(2,3)34-25(32)29-16-21(35-20-7-5-4-6-8-20)15-22(29)24(31)27-18-9-11-19(12-10-18)28-13-14-33-17-23(28)30;23-15-3-5-17(6-4-15)25-22(30)27-11-1-2-19(27)21(29)24-16-7-9-18(10-8-16)26-12-13-31-14-20(26)28;1-21(2,3)31-20(27)24-12-16(32-33(4,28)29)11-17(24)19(26)22-14-5-7-15(8-6-14)23-9-10-30-13-18(23)25;1-20(2,3)28-19(26)23-10-4-5-16(23)18(25)21-14-6-8-15(9-7-14)22-11-12-27-13-17(22)24;1-3-7-11(8-4-1)13-14-12-9-5-2-6-10-12/h4-12,21-22H,13-17H2,1-3H3,(H,27,31);1-10,19H,11-14H2,(H,24,29)(H,25,30);5-8,16-17H,9-13H2,1-4H3,(H,22,26);4-9,16H,10-13H2,1-3H3,(H,21,25);1-10H/t21-,22-;19-;16-,17-;16-;/m1111./s1. The fraction of sp³-hybridized carbons (Fsp3) is 0.366. The molecule has 0 spiro atoms. The summed E-state index contributed by atoms with van der Waals surface area (Å²) in [6.07, 6.45) is 5.82. The Morgan fingerprint density at radius 2 is 0.681 bits per heavy atom. The number of morpholine rings is 4. The first-order valence-corrected chi connectivity index (χ1v) is 55.7. The molecule has 8 aromatic rings. The van der Waals surface area contributed by atoms with Crippen LogP contribution in [0, 0.1) is 0 Å². The molecule has 748 valence electrons. The second-order valence-corrected chi connectivity index (χ2v) is 47.3. The number of carbonyl (C=O) groups excluding carboxylic acids is 12. The molecule has 13 amide bonds. The van der Waals surface area contributed by atoms with Gasteiger partial charge in [-0.3, -0.25) is 42.8 Å². The molecule has 40 heteroatoms. The van der Waals surface area contributed by atoms with Crippen LogP contribution in [0.3, 0.4) is 0 Å². The van der Waals surface area contributed by atoms with E-state index >= 15 is 0 Å². The first kappa shape index (κ1) is 108. The van der Waals surface area contributed by atoms with Gasteiger partial charge >= 0.3 is 322 Å². The Morgan fingerprint density at radius 3 is 1.03 bits per heavy atom. The summed E-state index contributed by atoms with van der Waals surface area (Å²) in [6.45, 7) is 21.1. The number of halogens is 1. The van der Waals surface area contributed by atoms with Crippen LogP contribution in [0.15, 0.2) is 237 Å². The monoisotopic (exact) mass is 2170 g/mol. The van der Waals surface area contributed by atoms with Crippen molar-refractivity contribution < 1.29 is 103 Å². The number of urea groups is 1. The van der Waals surface area contributed by atoms with Crippen LogP contribution in [0.25, 0.3) is 0 Å². The molecule has 0 saturated carbocycles. The van der Waals surface area contributed by atoms with E-state index in [2.05, 4.69) is 99.4 Å². The summed E-state index contributed by atoms with van der Waals surface area (Å²) >= 11 is 7.26. The molecule has 0 aliphatic carbocycles. The molecule has 0 aromatic heterocycles. The quantitative estimate of drug-likeness (QED) is 0.0205. The van der Waals surface area contributed by atoms with Gasteiger partial charge in [-0.2, -0.15) is 8.42 Å². The van der Waals surface area contributed by atoms with Gasteiger partial charge in [0.2, 0.25) is 5.91 Å². The number of benzene rings is 8. The first-order valence-electron chi connectivity index (χ1n) is 45.6. The molecule has 5 N–H and O–H groups in total. The molecule has 8 aromatic carbocycles. The fourth-order valence-corrected chi connectivity index (χ4v) is 24.5. The van der Waals surface area contributed by atoms with Gasteiger partial charge in [-0.25, -0.2) is 14.4 Å². The number of ether oxygens (including phenoxy) is 7. The minimum atomic E-state index is -3.77. The molecule has 8 aliphatic heterocycles. The average Bonchev–Trinajstić information content (AvgIpc) is 1.67. The van der Waals surface area contributed by atoms with Gasteiger partial charge < -0.3 is 69.3 Å². The van der Waals surface area contributed by atoms with Crippen molar-refractivity contribution in [1.82, 2.24) is 19.6 Å². The van der Waals surface area contributed by atoms with E-state index in [1.54, 1.807) is 212 Å². The SMILES string of the molecule is CC(C)(C)OC(=O)N1CC=C[C@@H]1C(=O)Nc1ccc(N2CCOCC2=O)cc1.CC(C)(C)OC(=O)N1C[C@H](OS(C)(=O)=O)C[C@@H]1C(=O)Nc1ccc(N2CCOCC2=O)cc1.CC(C)(C)OC(=O)N1C[C@H]([Se]c2ccccc2)C[C@@H]1C(=O)Nc1ccc(N2CCOCC2=O)cc1.O=C(Nc1ccc(N2CCOCC2=O)cc1)[C@H]1C=CCN1C(=O)Nc1ccc(Cl)cc1.c1ccc([Se][Se]c2ccccc2)cc1. The summed E-state index contributed by atoms with van der Waals surface area (Å²) in [7, 11) is -3.77. The molecule has 0 radical (unpaired) electrons. The summed E-state index contributed by atoms with van der Waals surface area (Å²) in [5.74, 6) is -1.81. The Labute approximate surface area is 842 Å². The van der Waals surface area contributed by atoms with E-state index in [4.69, 9.17) is 48.9 Å². The van der Waals surface area contributed by atoms with Crippen molar-refractivity contribution in [3.8, 4) is 0 Å². The molecule has 6 saturated heterocycles. The van der Waals surface area contributed by atoms with E-state index in [-0.39, 0.29) is 107 Å². The maximum absolute atomic E-state index is 13.3. The van der Waals surface area contributed by atoms with Gasteiger partial charge in [-0.05, 0) is 139 Å². The first-order chi connectivity index (χ1) is 67.2. The Hall–Kier alpha value is -12.3. The maximum atomic E-state index is 13.3. The zero-order valence-corrected chi connectivity index (χ0v) is 86.5. The van der Waals surface area contributed by atoms with E-state index < -0.39 is 81.4 Å². The van der Waals surface area contributed by atoms with Crippen molar-refractivity contribution in [2.24, 2.45) is 0 Å². The number of nitrogens with one attached hydrogen (secondary N) is 5. The Bertz CT molecular complexity index is 5820. The Morgan fingerprint density at radius 1 is 0.376 bits per heavy atom. The minimum absolute atomic E-state index is 0.00148. The molecule has 141 heavy (non-hydrogen) atoms. The number of anilines is 9. The third kappa shape index (κ3) is 33.1. The van der Waals surface area contributed by atoms with Crippen LogP contribution in [-0.2, 0) is 85.8 Å². The summed E-state index contributed by atoms with van der Waals surface area (Å²) in [4.78, 5) is 163. The van der Waals surface area contributed by atoms with Crippen molar-refractivity contribution in [2.45, 2.75) is 127 Å². The van der Waals surface area contributed by atoms with Gasteiger partial charge in [0.25, 0.3) is 39.7 Å². The number of carbonyl (C=O) groups is 12. The molecule has 16 rings (SSSR count). The van der Waals surface area contributed by atoms with Crippen LogP contribution in [0.2, 0.25) is 9.84 Å². The summed E-state index contributed by atoms with van der Waals surface area (Å²) in [5.41, 5.74) is 3.69. The van der Waals surface area contributed by atoms with Gasteiger partial charge in [0.15, 0.2) is 0 Å². The van der Waals surface area contributed by atoms with Crippen LogP contribution in [-0.4, -0.2) is 299 Å². The van der Waals surface area contributed by atoms with Crippen LogP contribution in [0.1, 0.15) is 75.2 Å². The summed E-state index contributed by atoms with van der Waals surface area (Å²) in [5, 5.41) is 14.7. The van der Waals surface area contributed by atoms with Gasteiger partial charge in [0.1, 0.15) is 49.1 Å². The molecule has 35 nitrogen and oxygen atoms in total. The van der Waals surface area contributed by atoms with Crippen LogP contribution >= 0.6 is 11.6 Å². The zero-order chi connectivity index (χ0) is 101. The van der Waals surface area contributed by atoms with Crippen LogP contribution < -0.4 is 59.6 Å². The van der Waals surface area contributed by atoms with Crippen LogP contribution in [0.5, 0.6) is 0 Å². The van der Waals surface area contributed by atoms with Crippen molar-refractivity contribution in [3.05, 3.63) is 242 Å². The van der Waals surface area contributed by atoms with E-state index in [9.17, 15) is 66.0 Å². The third-order valence-corrected chi connectivity index (χ3v) is 32.3. The van der Waals surface area contributed by atoms with Crippen molar-refractivity contribution in [1.29, 1.82) is 0 Å². The predicted molar refractivity (Wildman–Crippen MR) is 541 cm³/mol. The van der Waals surface area contributed by atoms with E-state index in [0.717, 1.165) is 23.3 Å². The molecular weight excluding hydrogens is 2050 g/mol. The van der Waals surface area contributed by atoms with Gasteiger partial charge in [0, 0.05) is 84.0 Å². The fourth-order valence-electron chi connectivity index (χ4n) is 15.2. The number of amides is 13. The third-order valence-electron chi connectivity index (χ3n) is 21.6. The van der Waals surface area contributed by atoms with Crippen molar-refractivity contribution in [3.63, 3.8) is 0 Å². The Balaban J connectivity index is 0.000000161. The molecule has 8 heterocycles. The average molecular weight is 2170 g/mol. The molecule has 0 unspecified atom stereocenters. The second kappa shape index (κ2) is 50.4. The molecule has 6 fully saturated rings. The van der Waals surface area contributed by atoms with Crippen molar-refractivity contribution in [2.75, 3.05) is 158 Å². The van der Waals surface area contributed by atoms with Crippen molar-refractivity contribution >= 4 is 199 Å². The van der Waals surface area contributed by atoms with E-state index in [1.807, 2.05) is 39.0 Å². The number of nitrogens with zero attached hydrogens (tertiary/aromatic N) is 8. The summed E-state index contributed by atoms with van der Waals surface area (Å²) < 4.78 is 69.3. The van der Waals surface area contributed by atoms with Crippen LogP contribution in [0.4, 0.5) is 70.4 Å². The molecular formula is C101H116ClN13O22SSe3. The van der Waals surface area contributed by atoms with Gasteiger partial charge in [0.05, 0.1) is 38.7 Å². The topological polar surface area (TPSA) is 399 Å². The normalized spacial score (nSPS) is 19.1. The molecule has 0 bridgehead atoms. The van der Waals surface area contributed by atoms with Gasteiger partial charge in [-0.15, -0.1) is 0 Å².